The first-order valence-electron chi connectivity index (χ1n) is 5.87. The zero-order chi connectivity index (χ0) is 14.6. The summed E-state index contributed by atoms with van der Waals surface area (Å²) in [5.41, 5.74) is -0.958. The summed E-state index contributed by atoms with van der Waals surface area (Å²) in [7, 11) is 0. The summed E-state index contributed by atoms with van der Waals surface area (Å²) in [6, 6.07) is 8.74. The quantitative estimate of drug-likeness (QED) is 0.822. The molecule has 6 nitrogen and oxygen atoms in total. The summed E-state index contributed by atoms with van der Waals surface area (Å²) in [6.07, 6.45) is 3.78. The molecule has 1 aliphatic carbocycles. The Morgan fingerprint density at radius 2 is 1.85 bits per heavy atom. The Bertz CT molecular complexity index is 619. The van der Waals surface area contributed by atoms with Crippen molar-refractivity contribution in [3.8, 4) is 0 Å². The molecule has 6 heteroatoms. The maximum atomic E-state index is 11.4. The lowest BCUT2D eigenvalue weighted by Crippen LogP contribution is -2.35. The van der Waals surface area contributed by atoms with Crippen molar-refractivity contribution in [2.45, 2.75) is 12.0 Å². The van der Waals surface area contributed by atoms with Gasteiger partial charge in [0, 0.05) is 6.42 Å². The normalized spacial score (nSPS) is 21.7. The van der Waals surface area contributed by atoms with Crippen LogP contribution in [0, 0.1) is 0 Å². The van der Waals surface area contributed by atoms with Crippen LogP contribution in [0.1, 0.15) is 6.42 Å². The van der Waals surface area contributed by atoms with Gasteiger partial charge in [-0.15, -0.1) is 0 Å². The largest absolute Gasteiger partial charge is 0.479 e. The lowest BCUT2D eigenvalue weighted by molar-refractivity contribution is -0.141. The maximum Gasteiger partial charge on any atom is 0.337 e. The molecule has 2 N–H and O–H groups in total. The highest BCUT2D eigenvalue weighted by atomic mass is 16.4. The maximum absolute atomic E-state index is 11.4. The van der Waals surface area contributed by atoms with Gasteiger partial charge in [0.15, 0.2) is 0 Å². The predicted molar refractivity (Wildman–Crippen MR) is 70.8 cm³/mol. The van der Waals surface area contributed by atoms with Gasteiger partial charge in [0.05, 0.1) is 11.3 Å². The molecule has 0 fully saturated rings. The second-order valence-corrected chi connectivity index (χ2v) is 4.27. The van der Waals surface area contributed by atoms with Crippen LogP contribution in [0.5, 0.6) is 0 Å². The molecule has 1 atom stereocenters. The second-order valence-electron chi connectivity index (χ2n) is 4.27. The lowest BCUT2D eigenvalue weighted by Gasteiger charge is -2.21. The first kappa shape index (κ1) is 13.7. The third-order valence-electron chi connectivity index (χ3n) is 2.89. The van der Waals surface area contributed by atoms with E-state index < -0.39 is 17.5 Å². The topological polar surface area (TPSA) is 99.3 Å². The molecule has 102 valence electrons. The number of hydrogen-bond acceptors (Lipinski definition) is 4. The number of hydrogen-bond donors (Lipinski definition) is 2. The highest BCUT2D eigenvalue weighted by Gasteiger charge is 2.37. The van der Waals surface area contributed by atoms with E-state index in [1.54, 1.807) is 24.3 Å². The molecule has 0 heterocycles. The first-order chi connectivity index (χ1) is 9.53. The Labute approximate surface area is 114 Å². The average Bonchev–Trinajstić information content (AvgIpc) is 2.46. The number of benzene rings is 1. The number of nitrogens with zero attached hydrogens (tertiary/aromatic N) is 2. The van der Waals surface area contributed by atoms with Crippen LogP contribution >= 0.6 is 0 Å². The minimum atomic E-state index is -1.55. The molecule has 0 aliphatic heterocycles. The summed E-state index contributed by atoms with van der Waals surface area (Å²) in [5.74, 6) is -2.27. The van der Waals surface area contributed by atoms with Crippen LogP contribution in [0.2, 0.25) is 0 Å². The van der Waals surface area contributed by atoms with Crippen LogP contribution in [-0.4, -0.2) is 27.7 Å². The summed E-state index contributed by atoms with van der Waals surface area (Å²) >= 11 is 0. The van der Waals surface area contributed by atoms with Gasteiger partial charge < -0.3 is 10.2 Å². The third kappa shape index (κ3) is 2.80. The second kappa shape index (κ2) is 5.48. The molecule has 0 aromatic heterocycles. The molecule has 1 aromatic rings. The van der Waals surface area contributed by atoms with E-state index in [4.69, 9.17) is 5.11 Å². The average molecular weight is 272 g/mol. The van der Waals surface area contributed by atoms with Crippen LogP contribution < -0.4 is 0 Å². The molecule has 1 aliphatic rings. The standard InChI is InChI=1S/C14H12N2O4/c17-12(18)10-6-8-14(9-7-10,13(19)20)16-15-11-4-2-1-3-5-11/h1-8H,9H2,(H,17,18)(H,19,20). The SMILES string of the molecule is O=C(O)C1=CCC(N=Nc2ccccc2)(C(=O)O)C=C1. The van der Waals surface area contributed by atoms with Gasteiger partial charge in [-0.2, -0.15) is 10.2 Å². The van der Waals surface area contributed by atoms with E-state index >= 15 is 0 Å². The molecule has 1 aromatic carbocycles. The predicted octanol–water partition coefficient (Wildman–Crippen LogP) is 2.56. The van der Waals surface area contributed by atoms with E-state index in [9.17, 15) is 14.7 Å². The number of carbonyl (C=O) groups is 2. The molecular weight excluding hydrogens is 260 g/mol. The van der Waals surface area contributed by atoms with Crippen molar-refractivity contribution in [3.05, 3.63) is 54.1 Å². The van der Waals surface area contributed by atoms with Crippen molar-refractivity contribution in [1.29, 1.82) is 0 Å². The Hall–Kier alpha value is -2.76. The van der Waals surface area contributed by atoms with Crippen molar-refractivity contribution in [1.82, 2.24) is 0 Å². The smallest absolute Gasteiger partial charge is 0.337 e. The van der Waals surface area contributed by atoms with Crippen LogP contribution in [0.3, 0.4) is 0 Å². The van der Waals surface area contributed by atoms with Crippen LogP contribution in [0.4, 0.5) is 5.69 Å². The number of azo groups is 1. The molecule has 1 unspecified atom stereocenters. The fraction of sp³-hybridized carbons (Fsp3) is 0.143. The zero-order valence-corrected chi connectivity index (χ0v) is 10.4. The fourth-order valence-electron chi connectivity index (χ4n) is 1.71. The number of carboxylic acid groups (broad SMARTS) is 2. The highest BCUT2D eigenvalue weighted by molar-refractivity contribution is 5.92. The molecular formula is C14H12N2O4. The molecule has 0 spiro atoms. The molecule has 0 radical (unpaired) electrons. The van der Waals surface area contributed by atoms with E-state index in [-0.39, 0.29) is 12.0 Å². The Kier molecular flexibility index (Phi) is 3.74. The molecule has 0 amide bonds. The van der Waals surface area contributed by atoms with Crippen molar-refractivity contribution >= 4 is 17.6 Å². The zero-order valence-electron chi connectivity index (χ0n) is 10.4. The van der Waals surface area contributed by atoms with Crippen molar-refractivity contribution in [3.63, 3.8) is 0 Å². The van der Waals surface area contributed by atoms with E-state index in [1.807, 2.05) is 6.07 Å². The van der Waals surface area contributed by atoms with Gasteiger partial charge in [0.1, 0.15) is 0 Å². The third-order valence-corrected chi connectivity index (χ3v) is 2.89. The summed E-state index contributed by atoms with van der Waals surface area (Å²) in [6.45, 7) is 0. The Morgan fingerprint density at radius 3 is 2.35 bits per heavy atom. The van der Waals surface area contributed by atoms with Crippen LogP contribution in [-0.2, 0) is 9.59 Å². The molecule has 2 rings (SSSR count). The number of aliphatic carboxylic acids is 2. The molecule has 0 saturated heterocycles. The summed E-state index contributed by atoms with van der Waals surface area (Å²) in [5, 5.41) is 25.9. The Morgan fingerprint density at radius 1 is 1.15 bits per heavy atom. The lowest BCUT2D eigenvalue weighted by atomic mass is 9.89. The first-order valence-corrected chi connectivity index (χ1v) is 5.87. The van der Waals surface area contributed by atoms with Gasteiger partial charge in [-0.1, -0.05) is 24.3 Å². The highest BCUT2D eigenvalue weighted by Crippen LogP contribution is 2.27. The van der Waals surface area contributed by atoms with Gasteiger partial charge >= 0.3 is 11.9 Å². The molecule has 20 heavy (non-hydrogen) atoms. The molecule has 0 saturated carbocycles. The fourth-order valence-corrected chi connectivity index (χ4v) is 1.71. The monoisotopic (exact) mass is 272 g/mol. The van der Waals surface area contributed by atoms with Gasteiger partial charge in [0.25, 0.3) is 0 Å². The van der Waals surface area contributed by atoms with Gasteiger partial charge in [-0.05, 0) is 24.3 Å². The van der Waals surface area contributed by atoms with Crippen molar-refractivity contribution < 1.29 is 19.8 Å². The van der Waals surface area contributed by atoms with Crippen LogP contribution in [0.25, 0.3) is 0 Å². The van der Waals surface area contributed by atoms with Crippen molar-refractivity contribution in [2.75, 3.05) is 0 Å². The van der Waals surface area contributed by atoms with Gasteiger partial charge in [-0.25, -0.2) is 9.59 Å². The van der Waals surface area contributed by atoms with Gasteiger partial charge in [0.2, 0.25) is 5.54 Å². The van der Waals surface area contributed by atoms with Crippen LogP contribution in [0.15, 0.2) is 64.4 Å². The Balaban J connectivity index is 2.26. The minimum Gasteiger partial charge on any atom is -0.479 e. The summed E-state index contributed by atoms with van der Waals surface area (Å²) < 4.78 is 0. The van der Waals surface area contributed by atoms with E-state index in [2.05, 4.69) is 10.2 Å². The molecule has 0 bridgehead atoms. The van der Waals surface area contributed by atoms with Crippen molar-refractivity contribution in [2.24, 2.45) is 10.2 Å². The summed E-state index contributed by atoms with van der Waals surface area (Å²) in [4.78, 5) is 22.2. The number of rotatable bonds is 4. The number of carboxylic acids is 2. The van der Waals surface area contributed by atoms with E-state index in [0.29, 0.717) is 5.69 Å². The van der Waals surface area contributed by atoms with Gasteiger partial charge in [-0.3, -0.25) is 0 Å². The minimum absolute atomic E-state index is 0.0448. The van der Waals surface area contributed by atoms with E-state index in [0.717, 1.165) is 0 Å². The van der Waals surface area contributed by atoms with E-state index in [1.165, 1.54) is 18.2 Å².